The van der Waals surface area contributed by atoms with Gasteiger partial charge in [-0.15, -0.1) is 0 Å². The molecule has 0 saturated carbocycles. The molecule has 0 aliphatic rings. The highest BCUT2D eigenvalue weighted by atomic mass is 16.1. The molecule has 1 unspecified atom stereocenters. The number of rotatable bonds is 7. The quantitative estimate of drug-likeness (QED) is 0.706. The number of primary amides is 1. The van der Waals surface area contributed by atoms with Gasteiger partial charge in [0.25, 0.3) is 0 Å². The second kappa shape index (κ2) is 7.07. The molecule has 0 spiro atoms. The summed E-state index contributed by atoms with van der Waals surface area (Å²) in [6.07, 6.45) is 1.77. The number of nitrogens with zero attached hydrogens (tertiary/aromatic N) is 2. The number of carbonyl (C=O) groups is 1. The molecule has 6 heteroatoms. The average Bonchev–Trinajstić information content (AvgIpc) is 2.38. The molecular formula is C14H25N5O. The Kier molecular flexibility index (Phi) is 5.73. The molecule has 0 aliphatic carbocycles. The van der Waals surface area contributed by atoms with Crippen molar-refractivity contribution in [2.45, 2.75) is 46.6 Å². The number of anilines is 2. The summed E-state index contributed by atoms with van der Waals surface area (Å²) in [6.45, 7) is 7.90. The predicted octanol–water partition coefficient (Wildman–Crippen LogP) is 1.70. The fourth-order valence-electron chi connectivity index (χ4n) is 2.00. The van der Waals surface area contributed by atoms with Crippen LogP contribution in [-0.4, -0.2) is 29.0 Å². The molecule has 6 nitrogen and oxygen atoms in total. The summed E-state index contributed by atoms with van der Waals surface area (Å²) < 4.78 is 0. The Hall–Kier alpha value is -1.85. The minimum absolute atomic E-state index is 0.0922. The van der Waals surface area contributed by atoms with Crippen LogP contribution in [0.2, 0.25) is 0 Å². The topological polar surface area (TPSA) is 92.9 Å². The van der Waals surface area contributed by atoms with Crippen molar-refractivity contribution in [2.75, 3.05) is 17.7 Å². The Bertz CT molecular complexity index is 473. The van der Waals surface area contributed by atoms with Gasteiger partial charge in [0.05, 0.1) is 0 Å². The number of aromatic nitrogens is 2. The van der Waals surface area contributed by atoms with Crippen molar-refractivity contribution >= 4 is 17.5 Å². The highest BCUT2D eigenvalue weighted by Crippen LogP contribution is 2.22. The maximum Gasteiger partial charge on any atom is 0.240 e. The lowest BCUT2D eigenvalue weighted by Crippen LogP contribution is -2.40. The molecule has 1 rings (SSSR count). The molecule has 0 fully saturated rings. The van der Waals surface area contributed by atoms with Crippen molar-refractivity contribution in [3.05, 3.63) is 11.4 Å². The van der Waals surface area contributed by atoms with Crippen molar-refractivity contribution in [1.29, 1.82) is 0 Å². The number of nitrogens with one attached hydrogen (secondary N) is 2. The standard InChI is InChI=1S/C14H25N5O/c1-6-7-10-17-13(16-5)9(4)14(18-10)19-11(8(2)3)12(15)20/h8,11H,6-7H2,1-5H3,(H2,15,20)(H2,16,17,18,19). The van der Waals surface area contributed by atoms with Crippen LogP contribution in [0.4, 0.5) is 11.6 Å². The van der Waals surface area contributed by atoms with Crippen molar-refractivity contribution in [3.63, 3.8) is 0 Å². The van der Waals surface area contributed by atoms with Crippen LogP contribution in [0.1, 0.15) is 38.6 Å². The first-order valence-corrected chi connectivity index (χ1v) is 7.01. The second-order valence-corrected chi connectivity index (χ2v) is 5.23. The van der Waals surface area contributed by atoms with Crippen LogP contribution in [0, 0.1) is 12.8 Å². The van der Waals surface area contributed by atoms with Gasteiger partial charge in [-0.3, -0.25) is 4.79 Å². The average molecular weight is 279 g/mol. The van der Waals surface area contributed by atoms with E-state index >= 15 is 0 Å². The minimum Gasteiger partial charge on any atom is -0.373 e. The largest absolute Gasteiger partial charge is 0.373 e. The zero-order valence-corrected chi connectivity index (χ0v) is 12.9. The Morgan fingerprint density at radius 3 is 2.35 bits per heavy atom. The molecule has 1 aromatic heterocycles. The highest BCUT2D eigenvalue weighted by Gasteiger charge is 2.21. The number of hydrogen-bond donors (Lipinski definition) is 3. The molecule has 0 bridgehead atoms. The van der Waals surface area contributed by atoms with E-state index in [1.54, 1.807) is 0 Å². The van der Waals surface area contributed by atoms with E-state index in [2.05, 4.69) is 27.5 Å². The predicted molar refractivity (Wildman–Crippen MR) is 81.8 cm³/mol. The monoisotopic (exact) mass is 279 g/mol. The van der Waals surface area contributed by atoms with Gasteiger partial charge in [0.15, 0.2) is 0 Å². The van der Waals surface area contributed by atoms with Gasteiger partial charge in [-0.25, -0.2) is 9.97 Å². The molecule has 0 aromatic carbocycles. The number of amides is 1. The maximum absolute atomic E-state index is 11.5. The minimum atomic E-state index is -0.442. The molecule has 0 saturated heterocycles. The van der Waals surface area contributed by atoms with Gasteiger partial charge in [0.2, 0.25) is 5.91 Å². The summed E-state index contributed by atoms with van der Waals surface area (Å²) >= 11 is 0. The molecule has 1 heterocycles. The fraction of sp³-hybridized carbons (Fsp3) is 0.643. The smallest absolute Gasteiger partial charge is 0.240 e. The lowest BCUT2D eigenvalue weighted by atomic mass is 10.0. The normalized spacial score (nSPS) is 12.3. The van der Waals surface area contributed by atoms with Gasteiger partial charge in [0.1, 0.15) is 23.5 Å². The van der Waals surface area contributed by atoms with E-state index in [-0.39, 0.29) is 11.8 Å². The van der Waals surface area contributed by atoms with Gasteiger partial charge in [-0.05, 0) is 19.3 Å². The van der Waals surface area contributed by atoms with E-state index in [1.807, 2.05) is 27.8 Å². The molecular weight excluding hydrogens is 254 g/mol. The van der Waals surface area contributed by atoms with E-state index in [0.29, 0.717) is 5.82 Å². The summed E-state index contributed by atoms with van der Waals surface area (Å²) in [5.41, 5.74) is 6.33. The lowest BCUT2D eigenvalue weighted by molar-refractivity contribution is -0.119. The molecule has 1 atom stereocenters. The zero-order valence-electron chi connectivity index (χ0n) is 12.9. The Labute approximate surface area is 120 Å². The van der Waals surface area contributed by atoms with Crippen LogP contribution in [0.15, 0.2) is 0 Å². The molecule has 0 aliphatic heterocycles. The van der Waals surface area contributed by atoms with Crippen LogP contribution in [0.5, 0.6) is 0 Å². The molecule has 112 valence electrons. The first-order chi connectivity index (χ1) is 9.40. The van der Waals surface area contributed by atoms with E-state index in [1.165, 1.54) is 0 Å². The van der Waals surface area contributed by atoms with Crippen LogP contribution in [0.3, 0.4) is 0 Å². The van der Waals surface area contributed by atoms with Gasteiger partial charge >= 0.3 is 0 Å². The molecule has 1 aromatic rings. The third kappa shape index (κ3) is 3.82. The third-order valence-corrected chi connectivity index (χ3v) is 3.17. The molecule has 4 N–H and O–H groups in total. The van der Waals surface area contributed by atoms with Crippen molar-refractivity contribution in [2.24, 2.45) is 11.7 Å². The summed E-state index contributed by atoms with van der Waals surface area (Å²) in [5, 5.41) is 6.21. The Morgan fingerprint density at radius 2 is 1.90 bits per heavy atom. The summed E-state index contributed by atoms with van der Waals surface area (Å²) in [6, 6.07) is -0.442. The Morgan fingerprint density at radius 1 is 1.30 bits per heavy atom. The SMILES string of the molecule is CCCc1nc(NC)c(C)c(NC(C(N)=O)C(C)C)n1. The van der Waals surface area contributed by atoms with Crippen LogP contribution in [-0.2, 0) is 11.2 Å². The first-order valence-electron chi connectivity index (χ1n) is 7.01. The first kappa shape index (κ1) is 16.2. The summed E-state index contributed by atoms with van der Waals surface area (Å²) in [4.78, 5) is 20.5. The summed E-state index contributed by atoms with van der Waals surface area (Å²) in [7, 11) is 1.82. The zero-order chi connectivity index (χ0) is 15.3. The summed E-state index contributed by atoms with van der Waals surface area (Å²) in [5.74, 6) is 1.93. The molecule has 1 amide bonds. The van der Waals surface area contributed by atoms with E-state index in [0.717, 1.165) is 30.0 Å². The second-order valence-electron chi connectivity index (χ2n) is 5.23. The molecule has 0 radical (unpaired) electrons. The number of nitrogens with two attached hydrogens (primary N) is 1. The number of carbonyl (C=O) groups excluding carboxylic acids is 1. The van der Waals surface area contributed by atoms with Crippen molar-refractivity contribution in [1.82, 2.24) is 9.97 Å². The van der Waals surface area contributed by atoms with Crippen LogP contribution in [0.25, 0.3) is 0 Å². The van der Waals surface area contributed by atoms with E-state index in [9.17, 15) is 4.79 Å². The van der Waals surface area contributed by atoms with Gasteiger partial charge in [-0.2, -0.15) is 0 Å². The van der Waals surface area contributed by atoms with Crippen LogP contribution >= 0.6 is 0 Å². The number of aryl methyl sites for hydroxylation is 1. The Balaban J connectivity index is 3.14. The van der Waals surface area contributed by atoms with Crippen LogP contribution < -0.4 is 16.4 Å². The van der Waals surface area contributed by atoms with Crippen molar-refractivity contribution in [3.8, 4) is 0 Å². The van der Waals surface area contributed by atoms with Gasteiger partial charge in [0, 0.05) is 19.0 Å². The third-order valence-electron chi connectivity index (χ3n) is 3.17. The van der Waals surface area contributed by atoms with Gasteiger partial charge in [-0.1, -0.05) is 20.8 Å². The van der Waals surface area contributed by atoms with Crippen molar-refractivity contribution < 1.29 is 4.79 Å². The van der Waals surface area contributed by atoms with E-state index < -0.39 is 6.04 Å². The van der Waals surface area contributed by atoms with E-state index in [4.69, 9.17) is 5.73 Å². The number of hydrogen-bond acceptors (Lipinski definition) is 5. The maximum atomic E-state index is 11.5. The fourth-order valence-corrected chi connectivity index (χ4v) is 2.00. The van der Waals surface area contributed by atoms with Gasteiger partial charge < -0.3 is 16.4 Å². The highest BCUT2D eigenvalue weighted by molar-refractivity contribution is 5.83. The molecule has 20 heavy (non-hydrogen) atoms. The lowest BCUT2D eigenvalue weighted by Gasteiger charge is -2.21.